The molecule has 0 amide bonds. The third-order valence-corrected chi connectivity index (χ3v) is 3.20. The van der Waals surface area contributed by atoms with E-state index in [0.29, 0.717) is 17.2 Å². The normalized spacial score (nSPS) is 10.3. The van der Waals surface area contributed by atoms with E-state index in [1.165, 1.54) is 24.0 Å². The zero-order valence-corrected chi connectivity index (χ0v) is 9.38. The number of aliphatic hydroxyl groups excluding tert-OH is 1. The number of nitrogens with zero attached hydrogens (tertiary/aromatic N) is 1. The Balaban J connectivity index is 2.80. The van der Waals surface area contributed by atoms with Crippen LogP contribution in [0.25, 0.3) is 0 Å². The highest BCUT2D eigenvalue weighted by atomic mass is 35.5. The minimum absolute atomic E-state index is 0.0539. The van der Waals surface area contributed by atoms with Crippen molar-refractivity contribution >= 4 is 29.3 Å². The number of aromatic nitrogens is 1. The van der Waals surface area contributed by atoms with Crippen LogP contribution in [-0.4, -0.2) is 33.5 Å². The molecule has 0 saturated carbocycles. The maximum Gasteiger partial charge on any atom is 0.337 e. The van der Waals surface area contributed by atoms with Gasteiger partial charge in [-0.05, 0) is 12.5 Å². The van der Waals surface area contributed by atoms with Gasteiger partial charge in [-0.15, -0.1) is 11.8 Å². The predicted octanol–water partition coefficient (Wildman–Crippen LogP) is 1.91. The molecule has 4 nitrogen and oxygen atoms in total. The summed E-state index contributed by atoms with van der Waals surface area (Å²) in [5, 5.41) is 18.0. The molecular weight excluding hydrogens is 238 g/mol. The van der Waals surface area contributed by atoms with Gasteiger partial charge in [-0.25, -0.2) is 9.78 Å². The maximum absolute atomic E-state index is 10.7. The molecule has 0 saturated heterocycles. The van der Waals surface area contributed by atoms with Crippen molar-refractivity contribution in [2.24, 2.45) is 0 Å². The molecule has 0 aliphatic rings. The van der Waals surface area contributed by atoms with E-state index in [0.717, 1.165) is 0 Å². The minimum Gasteiger partial charge on any atom is -0.478 e. The Hall–Kier alpha value is -0.780. The molecule has 1 rings (SSSR count). The number of aromatic carboxylic acids is 1. The Labute approximate surface area is 96.3 Å². The van der Waals surface area contributed by atoms with E-state index in [4.69, 9.17) is 21.8 Å². The Morgan fingerprint density at radius 1 is 1.60 bits per heavy atom. The summed E-state index contributed by atoms with van der Waals surface area (Å²) in [5.41, 5.74) is 0.0539. The second-order valence-corrected chi connectivity index (χ2v) is 4.17. The van der Waals surface area contributed by atoms with Gasteiger partial charge in [0.2, 0.25) is 0 Å². The number of hydrogen-bond acceptors (Lipinski definition) is 4. The van der Waals surface area contributed by atoms with Gasteiger partial charge in [0.15, 0.2) is 0 Å². The first-order valence-corrected chi connectivity index (χ1v) is 5.64. The number of hydrogen-bond donors (Lipinski definition) is 2. The number of carboxylic acid groups (broad SMARTS) is 1. The van der Waals surface area contributed by atoms with Crippen molar-refractivity contribution in [3.8, 4) is 0 Å². The standard InChI is InChI=1S/C9H10ClNO3S/c10-7-6(9(13)14)2-3-11-8(7)15-5-1-4-12/h2-3,12H,1,4-5H2,(H,13,14). The first-order valence-electron chi connectivity index (χ1n) is 4.28. The summed E-state index contributed by atoms with van der Waals surface area (Å²) in [6.07, 6.45) is 2.04. The summed E-state index contributed by atoms with van der Waals surface area (Å²) in [6, 6.07) is 1.36. The molecule has 0 aromatic carbocycles. The Morgan fingerprint density at radius 2 is 2.33 bits per heavy atom. The van der Waals surface area contributed by atoms with Gasteiger partial charge in [0, 0.05) is 18.6 Å². The summed E-state index contributed by atoms with van der Waals surface area (Å²) >= 11 is 7.19. The van der Waals surface area contributed by atoms with Crippen molar-refractivity contribution < 1.29 is 15.0 Å². The van der Waals surface area contributed by atoms with Gasteiger partial charge in [-0.3, -0.25) is 0 Å². The molecule has 0 aliphatic carbocycles. The van der Waals surface area contributed by atoms with Crippen LogP contribution in [0.1, 0.15) is 16.8 Å². The fourth-order valence-corrected chi connectivity index (χ4v) is 2.12. The molecule has 0 radical (unpaired) electrons. The Bertz CT molecular complexity index is 359. The third-order valence-electron chi connectivity index (χ3n) is 1.63. The maximum atomic E-state index is 10.7. The van der Waals surface area contributed by atoms with Crippen LogP contribution in [0.4, 0.5) is 0 Å². The molecule has 2 N–H and O–H groups in total. The van der Waals surface area contributed by atoms with Crippen molar-refractivity contribution in [1.29, 1.82) is 0 Å². The summed E-state index contributed by atoms with van der Waals surface area (Å²) in [4.78, 5) is 14.7. The molecule has 1 heterocycles. The van der Waals surface area contributed by atoms with E-state index in [-0.39, 0.29) is 17.2 Å². The van der Waals surface area contributed by atoms with Crippen molar-refractivity contribution in [2.75, 3.05) is 12.4 Å². The number of pyridine rings is 1. The summed E-state index contributed by atoms with van der Waals surface area (Å²) < 4.78 is 0. The molecule has 0 spiro atoms. The molecule has 0 bridgehead atoms. The fraction of sp³-hybridized carbons (Fsp3) is 0.333. The largest absolute Gasteiger partial charge is 0.478 e. The third kappa shape index (κ3) is 3.37. The Morgan fingerprint density at radius 3 is 2.93 bits per heavy atom. The molecule has 0 atom stereocenters. The highest BCUT2D eigenvalue weighted by Crippen LogP contribution is 2.28. The SMILES string of the molecule is O=C(O)c1ccnc(SCCCO)c1Cl. The van der Waals surface area contributed by atoms with Crippen LogP contribution in [-0.2, 0) is 0 Å². The van der Waals surface area contributed by atoms with Crippen molar-refractivity contribution in [2.45, 2.75) is 11.4 Å². The summed E-state index contributed by atoms with van der Waals surface area (Å²) in [7, 11) is 0. The zero-order valence-electron chi connectivity index (χ0n) is 7.81. The molecule has 6 heteroatoms. The lowest BCUT2D eigenvalue weighted by Crippen LogP contribution is -1.99. The van der Waals surface area contributed by atoms with Gasteiger partial charge < -0.3 is 10.2 Å². The van der Waals surface area contributed by atoms with Gasteiger partial charge in [-0.1, -0.05) is 11.6 Å². The molecule has 0 aliphatic heterocycles. The first-order chi connectivity index (χ1) is 7.16. The van der Waals surface area contributed by atoms with E-state index in [1.807, 2.05) is 0 Å². The number of rotatable bonds is 5. The number of carbonyl (C=O) groups is 1. The van der Waals surface area contributed by atoms with Gasteiger partial charge >= 0.3 is 5.97 Å². The fourth-order valence-electron chi connectivity index (χ4n) is 0.924. The van der Waals surface area contributed by atoms with Gasteiger partial charge in [0.25, 0.3) is 0 Å². The van der Waals surface area contributed by atoms with Crippen LogP contribution in [0.15, 0.2) is 17.3 Å². The van der Waals surface area contributed by atoms with Crippen molar-refractivity contribution in [3.05, 3.63) is 22.8 Å². The minimum atomic E-state index is -1.06. The smallest absolute Gasteiger partial charge is 0.337 e. The van der Waals surface area contributed by atoms with Crippen LogP contribution < -0.4 is 0 Å². The van der Waals surface area contributed by atoms with E-state index in [9.17, 15) is 4.79 Å². The highest BCUT2D eigenvalue weighted by molar-refractivity contribution is 7.99. The second kappa shape index (κ2) is 5.95. The summed E-state index contributed by atoms with van der Waals surface area (Å²) in [6.45, 7) is 0.100. The van der Waals surface area contributed by atoms with Crippen LogP contribution in [0.2, 0.25) is 5.02 Å². The molecule has 1 aromatic rings. The quantitative estimate of drug-likeness (QED) is 0.614. The highest BCUT2D eigenvalue weighted by Gasteiger charge is 2.13. The lowest BCUT2D eigenvalue weighted by atomic mass is 10.3. The zero-order chi connectivity index (χ0) is 11.3. The van der Waals surface area contributed by atoms with Gasteiger partial charge in [-0.2, -0.15) is 0 Å². The average Bonchev–Trinajstić information content (AvgIpc) is 2.20. The lowest BCUT2D eigenvalue weighted by Gasteiger charge is -2.04. The predicted molar refractivity (Wildman–Crippen MR) is 58.6 cm³/mol. The number of carboxylic acids is 1. The molecule has 1 aromatic heterocycles. The molecule has 15 heavy (non-hydrogen) atoms. The van der Waals surface area contributed by atoms with Gasteiger partial charge in [0.05, 0.1) is 10.6 Å². The van der Waals surface area contributed by atoms with Gasteiger partial charge in [0.1, 0.15) is 5.03 Å². The van der Waals surface area contributed by atoms with E-state index in [2.05, 4.69) is 4.98 Å². The number of aliphatic hydroxyl groups is 1. The van der Waals surface area contributed by atoms with Crippen LogP contribution in [0.5, 0.6) is 0 Å². The number of halogens is 1. The van der Waals surface area contributed by atoms with Crippen LogP contribution in [0.3, 0.4) is 0 Å². The summed E-state index contributed by atoms with van der Waals surface area (Å²) in [5.74, 6) is -0.404. The molecule has 0 fully saturated rings. The van der Waals surface area contributed by atoms with E-state index < -0.39 is 5.97 Å². The van der Waals surface area contributed by atoms with Crippen molar-refractivity contribution in [1.82, 2.24) is 4.98 Å². The lowest BCUT2D eigenvalue weighted by molar-refractivity contribution is 0.0696. The van der Waals surface area contributed by atoms with Crippen LogP contribution >= 0.6 is 23.4 Å². The number of thioether (sulfide) groups is 1. The second-order valence-electron chi connectivity index (χ2n) is 2.71. The molecular formula is C9H10ClNO3S. The average molecular weight is 248 g/mol. The van der Waals surface area contributed by atoms with E-state index >= 15 is 0 Å². The first kappa shape index (κ1) is 12.3. The molecule has 82 valence electrons. The molecule has 0 unspecified atom stereocenters. The van der Waals surface area contributed by atoms with E-state index in [1.54, 1.807) is 0 Å². The Kier molecular flexibility index (Phi) is 4.87. The monoisotopic (exact) mass is 247 g/mol. The van der Waals surface area contributed by atoms with Crippen LogP contribution in [0, 0.1) is 0 Å². The topological polar surface area (TPSA) is 70.4 Å². The van der Waals surface area contributed by atoms with Crippen molar-refractivity contribution in [3.63, 3.8) is 0 Å².